The maximum absolute atomic E-state index is 16.2. The van der Waals surface area contributed by atoms with Crippen molar-refractivity contribution < 1.29 is 24.1 Å². The minimum atomic E-state index is -1.77. The zero-order valence-electron chi connectivity index (χ0n) is 56.4. The van der Waals surface area contributed by atoms with Crippen LogP contribution in [0.25, 0.3) is 77.2 Å². The topological polar surface area (TPSA) is 68.8 Å². The summed E-state index contributed by atoms with van der Waals surface area (Å²) in [6, 6.07) is 40.1. The highest BCUT2D eigenvalue weighted by molar-refractivity contribution is 6.89. The lowest BCUT2D eigenvalue weighted by molar-refractivity contribution is 0.246. The maximum Gasteiger partial charge on any atom is 0.147 e. The van der Waals surface area contributed by atoms with Crippen molar-refractivity contribution in [3.05, 3.63) is 165 Å². The van der Waals surface area contributed by atoms with Crippen molar-refractivity contribution in [2.45, 2.75) is 173 Å². The first-order valence-corrected chi connectivity index (χ1v) is 38.9. The number of phenols is 2. The van der Waals surface area contributed by atoms with Crippen molar-refractivity contribution in [3.8, 4) is 56.6 Å². The minimum absolute atomic E-state index is 0.00749. The number of hydrogen-bond donors (Lipinski definition) is 2. The van der Waals surface area contributed by atoms with E-state index in [1.165, 1.54) is 39.0 Å². The van der Waals surface area contributed by atoms with Crippen LogP contribution in [0.4, 0.5) is 4.39 Å². The van der Waals surface area contributed by atoms with Crippen LogP contribution in [0.1, 0.15) is 127 Å². The monoisotopic (exact) mass is 1230 g/mol. The molecule has 8 aromatic carbocycles. The minimum Gasteiger partial charge on any atom is -0.505 e. The van der Waals surface area contributed by atoms with E-state index >= 15 is 4.39 Å². The van der Waals surface area contributed by atoms with Crippen molar-refractivity contribution in [2.24, 2.45) is 10.8 Å². The Morgan fingerprint density at radius 1 is 0.455 bits per heavy atom. The Balaban J connectivity index is 1.05. The van der Waals surface area contributed by atoms with Crippen LogP contribution in [0.3, 0.4) is 0 Å². The number of rotatable bonds is 16. The second-order valence-corrected chi connectivity index (χ2v) is 42.0. The third kappa shape index (κ3) is 12.6. The van der Waals surface area contributed by atoms with Gasteiger partial charge >= 0.3 is 0 Å². The molecular formula is C78H94ClFN2O4Si2. The van der Waals surface area contributed by atoms with Crippen molar-refractivity contribution >= 4 is 81.7 Å². The first-order valence-electron chi connectivity index (χ1n) is 31.6. The molecule has 6 nitrogen and oxygen atoms in total. The molecule has 88 heavy (non-hydrogen) atoms. The summed E-state index contributed by atoms with van der Waals surface area (Å²) in [7, 11) is -3.50. The van der Waals surface area contributed by atoms with Gasteiger partial charge in [0, 0.05) is 55.2 Å². The van der Waals surface area contributed by atoms with Gasteiger partial charge in [0.05, 0.1) is 62.8 Å². The lowest BCUT2D eigenvalue weighted by atomic mass is 9.71. The molecule has 0 spiro atoms. The summed E-state index contributed by atoms with van der Waals surface area (Å²) >= 11 is 7.05. The van der Waals surface area contributed by atoms with E-state index in [0.717, 1.165) is 73.3 Å². The number of ether oxygens (including phenoxy) is 2. The van der Waals surface area contributed by atoms with Crippen LogP contribution in [0, 0.1) is 51.3 Å². The normalized spacial score (nSPS) is 13.0. The van der Waals surface area contributed by atoms with E-state index in [9.17, 15) is 10.2 Å². The summed E-state index contributed by atoms with van der Waals surface area (Å²) in [6.45, 7) is 47.9. The number of hydrogen-bond acceptors (Lipinski definition) is 4. The van der Waals surface area contributed by atoms with Gasteiger partial charge in [-0.25, -0.2) is 4.39 Å². The Kier molecular flexibility index (Phi) is 16.7. The van der Waals surface area contributed by atoms with Crippen LogP contribution >= 0.6 is 11.6 Å². The fraction of sp³-hybridized carbons (Fsp3) is 0.385. The van der Waals surface area contributed by atoms with E-state index in [-0.39, 0.29) is 46.4 Å². The summed E-state index contributed by atoms with van der Waals surface area (Å²) in [5, 5.41) is 34.0. The third-order valence-electron chi connectivity index (χ3n) is 17.9. The number of aromatic hydroxyl groups is 2. The molecule has 2 heterocycles. The summed E-state index contributed by atoms with van der Waals surface area (Å²) in [6.07, 6.45) is 2.21. The molecule has 2 N–H and O–H groups in total. The van der Waals surface area contributed by atoms with E-state index in [4.69, 9.17) is 21.1 Å². The van der Waals surface area contributed by atoms with Gasteiger partial charge in [0.2, 0.25) is 0 Å². The van der Waals surface area contributed by atoms with Gasteiger partial charge in [0.1, 0.15) is 28.8 Å². The van der Waals surface area contributed by atoms with Gasteiger partial charge < -0.3 is 28.8 Å². The molecule has 0 radical (unpaired) electrons. The summed E-state index contributed by atoms with van der Waals surface area (Å²) in [4.78, 5) is 0. The van der Waals surface area contributed by atoms with E-state index in [1.54, 1.807) is 0 Å². The number of aromatic nitrogens is 2. The van der Waals surface area contributed by atoms with Gasteiger partial charge in [-0.2, -0.15) is 0 Å². The number of fused-ring (bicyclic) bond motifs is 6. The van der Waals surface area contributed by atoms with Gasteiger partial charge in [-0.05, 0) is 181 Å². The molecular weight excluding hydrogens is 1140 g/mol. The lowest BCUT2D eigenvalue weighted by Gasteiger charge is -2.34. The molecule has 0 aliphatic heterocycles. The van der Waals surface area contributed by atoms with Gasteiger partial charge in [0.15, 0.2) is 0 Å². The van der Waals surface area contributed by atoms with Crippen molar-refractivity contribution in [2.75, 3.05) is 13.2 Å². The van der Waals surface area contributed by atoms with Gasteiger partial charge in [-0.15, -0.1) is 0 Å². The predicted octanol–water partition coefficient (Wildman–Crippen LogP) is 21.3. The highest BCUT2D eigenvalue weighted by Crippen LogP contribution is 2.51. The molecule has 0 saturated carbocycles. The van der Waals surface area contributed by atoms with Crippen LogP contribution in [0.15, 0.2) is 115 Å². The van der Waals surface area contributed by atoms with Crippen LogP contribution in [0.5, 0.6) is 23.0 Å². The first-order chi connectivity index (χ1) is 40.8. The standard InChI is InChI=1S/C78H94ClFN2O4Si2/c1-46-24-28-64-58(31-46)59-43-70(88(19,20)21)48(3)35-66(59)81(64)68-38-51(77(12,13)44-75(6,7)8)36-60(71(68)83)62-40-53(79)33-49(4)73(62)85-29-22-30-86-74-50(5)34-54(80)41-63(74)61-37-52(78(14,15)45-76(9,10)11)39-69(72(61)84)82-65-32-47(2)23-26-56(65)57-27-25-55(42-67(57)82)87(16,17)18/h23-28,31-43,83-84H,22,29-30,44-45H2,1-21H3. The third-order valence-corrected chi connectivity index (χ3v) is 22.3. The number of halogens is 2. The molecule has 0 aliphatic carbocycles. The Morgan fingerprint density at radius 3 is 1.45 bits per heavy atom. The van der Waals surface area contributed by atoms with E-state index in [1.807, 2.05) is 26.0 Å². The van der Waals surface area contributed by atoms with E-state index in [2.05, 4.69) is 229 Å². The molecule has 0 bridgehead atoms. The molecule has 10 rings (SSSR count). The Labute approximate surface area is 530 Å². The molecule has 0 atom stereocenters. The summed E-state index contributed by atoms with van der Waals surface area (Å²) in [5.41, 5.74) is 14.2. The first kappa shape index (κ1) is 64.2. The summed E-state index contributed by atoms with van der Waals surface area (Å²) in [5.74, 6) is 0.883. The second kappa shape index (κ2) is 22.9. The molecule has 0 amide bonds. The molecule has 0 unspecified atom stereocenters. The van der Waals surface area contributed by atoms with Crippen molar-refractivity contribution in [3.63, 3.8) is 0 Å². The fourth-order valence-electron chi connectivity index (χ4n) is 14.5. The largest absolute Gasteiger partial charge is 0.505 e. The highest BCUT2D eigenvalue weighted by Gasteiger charge is 2.34. The average molecular weight is 1230 g/mol. The Morgan fingerprint density at radius 2 is 0.920 bits per heavy atom. The van der Waals surface area contributed by atoms with Gasteiger partial charge in [0.25, 0.3) is 0 Å². The number of phenolic OH excluding ortho intramolecular Hbond substituents is 2. The molecule has 462 valence electrons. The maximum atomic E-state index is 16.2. The number of benzene rings is 8. The Bertz CT molecular complexity index is 4400. The van der Waals surface area contributed by atoms with E-state index in [0.29, 0.717) is 62.1 Å². The van der Waals surface area contributed by atoms with E-state index < -0.39 is 22.0 Å². The van der Waals surface area contributed by atoms with Gasteiger partial charge in [-0.1, -0.05) is 172 Å². The van der Waals surface area contributed by atoms with Crippen LogP contribution in [-0.4, -0.2) is 48.7 Å². The predicted molar refractivity (Wildman–Crippen MR) is 380 cm³/mol. The quantitative estimate of drug-likeness (QED) is 0.0747. The van der Waals surface area contributed by atoms with Gasteiger partial charge in [-0.3, -0.25) is 0 Å². The molecule has 0 saturated heterocycles. The second-order valence-electron chi connectivity index (χ2n) is 31.4. The fourth-order valence-corrected chi connectivity index (χ4v) is 17.7. The van der Waals surface area contributed by atoms with Crippen molar-refractivity contribution in [1.29, 1.82) is 0 Å². The number of nitrogens with zero attached hydrogens (tertiary/aromatic N) is 2. The zero-order valence-corrected chi connectivity index (χ0v) is 59.1. The van der Waals surface area contributed by atoms with Crippen LogP contribution < -0.4 is 19.8 Å². The van der Waals surface area contributed by atoms with Crippen LogP contribution in [-0.2, 0) is 10.8 Å². The van der Waals surface area contributed by atoms with Crippen LogP contribution in [0.2, 0.25) is 44.3 Å². The molecule has 0 aliphatic rings. The van der Waals surface area contributed by atoms with Crippen molar-refractivity contribution in [1.82, 2.24) is 9.13 Å². The molecule has 10 heteroatoms. The molecule has 0 fully saturated rings. The molecule has 10 aromatic rings. The zero-order chi connectivity index (χ0) is 64.3. The lowest BCUT2D eigenvalue weighted by Crippen LogP contribution is -2.39. The molecule has 2 aromatic heterocycles. The number of aryl methyl sites for hydroxylation is 5. The summed E-state index contributed by atoms with van der Waals surface area (Å²) < 4.78 is 34.4. The average Bonchev–Trinajstić information content (AvgIpc) is 1.53. The Hall–Kier alpha value is -6.79. The smallest absolute Gasteiger partial charge is 0.147 e. The highest BCUT2D eigenvalue weighted by atomic mass is 35.5. The SMILES string of the molecule is Cc1ccc2c(c1)c1cc([Si](C)(C)C)c(C)cc1n2-c1cc(C(C)(C)CC(C)(C)C)cc(-c2cc(Cl)cc(C)c2OCCCOc2c(C)cc(F)cc2-c2cc(C(C)(C)CC(C)(C)C)cc(-n3c4cc(C)ccc4c4ccc([Si](C)(C)C)cc43)c2O)c1O.